The van der Waals surface area contributed by atoms with E-state index in [1.165, 1.54) is 16.7 Å². The Kier molecular flexibility index (Phi) is 7.47. The fourth-order valence-corrected chi connectivity index (χ4v) is 6.03. The number of thiazole rings is 1. The Balaban J connectivity index is 1.71. The molecule has 2 aromatic heterocycles. The van der Waals surface area contributed by atoms with Gasteiger partial charge in [-0.25, -0.2) is 9.79 Å². The SMILES string of the molecule is CCOC(=O)C1=C(C)N=c2s/c(=C\c3cc(I)ccc3O)c(=O)n2[C@H]1c1ccc(-c2cc([N+](=O)[O-])ccc2C)o1. The summed E-state index contributed by atoms with van der Waals surface area (Å²) in [6.45, 7) is 5.27. The second-order valence-electron chi connectivity index (χ2n) is 8.96. The van der Waals surface area contributed by atoms with Gasteiger partial charge in [-0.1, -0.05) is 17.4 Å². The van der Waals surface area contributed by atoms with Crippen LogP contribution in [-0.4, -0.2) is 27.2 Å². The Morgan fingerprint density at radius 3 is 2.75 bits per heavy atom. The number of phenols is 1. The lowest BCUT2D eigenvalue weighted by atomic mass is 10.0. The van der Waals surface area contributed by atoms with Crippen LogP contribution in [0.2, 0.25) is 0 Å². The average molecular weight is 671 g/mol. The van der Waals surface area contributed by atoms with Gasteiger partial charge in [0.2, 0.25) is 0 Å². The second kappa shape index (κ2) is 10.8. The molecule has 1 aliphatic rings. The normalized spacial score (nSPS) is 15.1. The summed E-state index contributed by atoms with van der Waals surface area (Å²) < 4.78 is 14.1. The molecular formula is C28H22IN3O7S. The van der Waals surface area contributed by atoms with Crippen LogP contribution in [0.3, 0.4) is 0 Å². The predicted molar refractivity (Wildman–Crippen MR) is 157 cm³/mol. The van der Waals surface area contributed by atoms with Crippen molar-refractivity contribution in [3.05, 3.63) is 110 Å². The Morgan fingerprint density at radius 1 is 1.25 bits per heavy atom. The Bertz CT molecular complexity index is 1900. The fraction of sp³-hybridized carbons (Fsp3) is 0.179. The van der Waals surface area contributed by atoms with Gasteiger partial charge in [0.15, 0.2) is 4.80 Å². The zero-order chi connectivity index (χ0) is 28.7. The van der Waals surface area contributed by atoms with Crippen LogP contribution in [0.4, 0.5) is 5.69 Å². The minimum absolute atomic E-state index is 0.0224. The molecule has 0 amide bonds. The van der Waals surface area contributed by atoms with Crippen molar-refractivity contribution < 1.29 is 24.0 Å². The lowest BCUT2D eigenvalue weighted by Crippen LogP contribution is -2.39. The van der Waals surface area contributed by atoms with Crippen molar-refractivity contribution in [2.45, 2.75) is 26.8 Å². The van der Waals surface area contributed by atoms with Gasteiger partial charge < -0.3 is 14.3 Å². The molecular weight excluding hydrogens is 649 g/mol. The van der Waals surface area contributed by atoms with E-state index in [9.17, 15) is 24.8 Å². The van der Waals surface area contributed by atoms with Crippen LogP contribution >= 0.6 is 33.9 Å². The first-order chi connectivity index (χ1) is 19.1. The van der Waals surface area contributed by atoms with E-state index in [1.807, 2.05) is 0 Å². The molecule has 0 unspecified atom stereocenters. The zero-order valence-corrected chi connectivity index (χ0v) is 24.5. The summed E-state index contributed by atoms with van der Waals surface area (Å²) in [5.74, 6) is -0.0000463. The highest BCUT2D eigenvalue weighted by Gasteiger charge is 2.35. The van der Waals surface area contributed by atoms with Crippen LogP contribution < -0.4 is 14.9 Å². The maximum absolute atomic E-state index is 13.8. The average Bonchev–Trinajstić information content (AvgIpc) is 3.50. The van der Waals surface area contributed by atoms with E-state index >= 15 is 0 Å². The number of nitro groups is 1. The summed E-state index contributed by atoms with van der Waals surface area (Å²) >= 11 is 3.24. The molecule has 0 fully saturated rings. The molecule has 0 saturated heterocycles. The van der Waals surface area contributed by atoms with Gasteiger partial charge >= 0.3 is 5.97 Å². The smallest absolute Gasteiger partial charge is 0.338 e. The van der Waals surface area contributed by atoms with E-state index < -0.39 is 22.5 Å². The third kappa shape index (κ3) is 4.99. The van der Waals surface area contributed by atoms with Crippen LogP contribution in [0.5, 0.6) is 5.75 Å². The van der Waals surface area contributed by atoms with Gasteiger partial charge in [0.25, 0.3) is 11.2 Å². The number of allylic oxidation sites excluding steroid dienone is 1. The van der Waals surface area contributed by atoms with E-state index in [0.717, 1.165) is 20.5 Å². The monoisotopic (exact) mass is 671 g/mol. The zero-order valence-electron chi connectivity index (χ0n) is 21.5. The minimum atomic E-state index is -0.991. The standard InChI is InChI=1S/C28H22IN3O7S/c1-4-38-27(35)24-15(3)30-28-31(26(34)23(40-28)12-16-11-17(29)6-8-20(16)33)25(24)22-10-9-21(39-22)19-13-18(32(36)37)7-5-14(19)2/h5-13,25,33H,4H2,1-3H3/b23-12-/t25-/m0/s1. The van der Waals surface area contributed by atoms with Crippen molar-refractivity contribution in [3.63, 3.8) is 0 Å². The molecule has 0 aliphatic carbocycles. The van der Waals surface area contributed by atoms with Crippen LogP contribution in [-0.2, 0) is 9.53 Å². The highest BCUT2D eigenvalue weighted by atomic mass is 127. The Hall–Kier alpha value is -4.04. The van der Waals surface area contributed by atoms with Crippen molar-refractivity contribution in [3.8, 4) is 17.1 Å². The number of furan rings is 1. The number of esters is 1. The number of nitrogens with zero attached hydrogens (tertiary/aromatic N) is 3. The van der Waals surface area contributed by atoms with Crippen LogP contribution in [0.1, 0.15) is 36.8 Å². The molecule has 0 radical (unpaired) electrons. The molecule has 3 heterocycles. The summed E-state index contributed by atoms with van der Waals surface area (Å²) in [4.78, 5) is 42.7. The highest BCUT2D eigenvalue weighted by molar-refractivity contribution is 14.1. The molecule has 1 aliphatic heterocycles. The third-order valence-electron chi connectivity index (χ3n) is 6.39. The number of nitro benzene ring substituents is 1. The van der Waals surface area contributed by atoms with Gasteiger partial charge in [-0.15, -0.1) is 0 Å². The first kappa shape index (κ1) is 27.5. The highest BCUT2D eigenvalue weighted by Crippen LogP contribution is 2.36. The molecule has 4 aromatic rings. The number of fused-ring (bicyclic) bond motifs is 1. The molecule has 0 spiro atoms. The molecule has 12 heteroatoms. The molecule has 2 aromatic carbocycles. The number of carbonyl (C=O) groups is 1. The summed E-state index contributed by atoms with van der Waals surface area (Å²) in [5, 5.41) is 21.7. The number of aromatic nitrogens is 1. The van der Waals surface area contributed by atoms with E-state index in [2.05, 4.69) is 27.6 Å². The van der Waals surface area contributed by atoms with Crippen molar-refractivity contribution in [1.29, 1.82) is 0 Å². The van der Waals surface area contributed by atoms with E-state index in [0.29, 0.717) is 31.9 Å². The molecule has 40 heavy (non-hydrogen) atoms. The number of halogens is 1. The van der Waals surface area contributed by atoms with Gasteiger partial charge in [0, 0.05) is 26.8 Å². The number of aromatic hydroxyl groups is 1. The summed E-state index contributed by atoms with van der Waals surface area (Å²) in [6, 6.07) is 11.8. The van der Waals surface area contributed by atoms with Crippen molar-refractivity contribution >= 4 is 51.7 Å². The minimum Gasteiger partial charge on any atom is -0.507 e. The summed E-state index contributed by atoms with van der Waals surface area (Å²) in [7, 11) is 0. The maximum atomic E-state index is 13.8. The van der Waals surface area contributed by atoms with Gasteiger partial charge in [-0.2, -0.15) is 0 Å². The lowest BCUT2D eigenvalue weighted by Gasteiger charge is -2.22. The van der Waals surface area contributed by atoms with E-state index in [1.54, 1.807) is 63.2 Å². The number of hydrogen-bond donors (Lipinski definition) is 1. The van der Waals surface area contributed by atoms with Crippen molar-refractivity contribution in [2.75, 3.05) is 6.61 Å². The van der Waals surface area contributed by atoms with Crippen LogP contribution in [0.25, 0.3) is 17.4 Å². The second-order valence-corrected chi connectivity index (χ2v) is 11.2. The number of ether oxygens (including phenoxy) is 1. The van der Waals surface area contributed by atoms with Crippen molar-refractivity contribution in [1.82, 2.24) is 4.57 Å². The van der Waals surface area contributed by atoms with Crippen LogP contribution in [0.15, 0.2) is 74.0 Å². The van der Waals surface area contributed by atoms with E-state index in [-0.39, 0.29) is 29.4 Å². The van der Waals surface area contributed by atoms with E-state index in [4.69, 9.17) is 9.15 Å². The first-order valence-electron chi connectivity index (χ1n) is 12.1. The molecule has 5 rings (SSSR count). The number of carbonyl (C=O) groups excluding carboxylic acids is 1. The molecule has 1 N–H and O–H groups in total. The number of rotatable bonds is 6. The molecule has 0 bridgehead atoms. The molecule has 1 atom stereocenters. The first-order valence-corrected chi connectivity index (χ1v) is 14.0. The largest absolute Gasteiger partial charge is 0.507 e. The topological polar surface area (TPSA) is 137 Å². The number of non-ortho nitro benzene ring substituents is 1. The van der Waals surface area contributed by atoms with Gasteiger partial charge in [0.1, 0.15) is 23.3 Å². The number of hydrogen-bond acceptors (Lipinski definition) is 9. The van der Waals surface area contributed by atoms with Crippen LogP contribution in [0, 0.1) is 20.6 Å². The molecule has 0 saturated carbocycles. The summed E-state index contributed by atoms with van der Waals surface area (Å²) in [6.07, 6.45) is 1.59. The summed E-state index contributed by atoms with van der Waals surface area (Å²) in [5.41, 5.74) is 1.74. The number of benzene rings is 2. The maximum Gasteiger partial charge on any atom is 0.338 e. The lowest BCUT2D eigenvalue weighted by molar-refractivity contribution is -0.384. The van der Waals surface area contributed by atoms with Gasteiger partial charge in [0.05, 0.1) is 27.3 Å². The molecule has 204 valence electrons. The number of aryl methyl sites for hydroxylation is 1. The van der Waals surface area contributed by atoms with Gasteiger partial charge in [-0.05, 0) is 85.3 Å². The third-order valence-corrected chi connectivity index (χ3v) is 8.04. The Morgan fingerprint density at radius 2 is 2.02 bits per heavy atom. The Labute approximate surface area is 244 Å². The number of phenolic OH excluding ortho intramolecular Hbond substituents is 1. The van der Waals surface area contributed by atoms with Crippen molar-refractivity contribution in [2.24, 2.45) is 4.99 Å². The molecule has 10 nitrogen and oxygen atoms in total. The quantitative estimate of drug-likeness (QED) is 0.137. The predicted octanol–water partition coefficient (Wildman–Crippen LogP) is 4.59. The van der Waals surface area contributed by atoms with Gasteiger partial charge in [-0.3, -0.25) is 19.5 Å². The fourth-order valence-electron chi connectivity index (χ4n) is 4.48.